The predicted molar refractivity (Wildman–Crippen MR) is 122 cm³/mol. The van der Waals surface area contributed by atoms with Crippen LogP contribution in [0.3, 0.4) is 0 Å². The number of aromatic nitrogens is 3. The summed E-state index contributed by atoms with van der Waals surface area (Å²) in [6, 6.07) is 7.73. The van der Waals surface area contributed by atoms with E-state index >= 15 is 0 Å². The molecule has 0 spiro atoms. The van der Waals surface area contributed by atoms with Gasteiger partial charge in [0.1, 0.15) is 17.5 Å². The van der Waals surface area contributed by atoms with Gasteiger partial charge < -0.3 is 9.80 Å². The molecule has 4 heterocycles. The number of hydrogen-bond donors (Lipinski definition) is 0. The Morgan fingerprint density at radius 1 is 0.969 bits per heavy atom. The van der Waals surface area contributed by atoms with Crippen LogP contribution in [0.4, 0.5) is 20.3 Å². The zero-order valence-electron chi connectivity index (χ0n) is 17.9. The molecule has 5 nitrogen and oxygen atoms in total. The maximum absolute atomic E-state index is 14.6. The molecule has 1 atom stereocenters. The molecule has 8 heteroatoms. The van der Waals surface area contributed by atoms with Crippen LogP contribution in [0.2, 0.25) is 5.02 Å². The maximum Gasteiger partial charge on any atom is 0.142 e. The average Bonchev–Trinajstić information content (AvgIpc) is 3.36. The molecular weight excluding hydrogens is 432 g/mol. The van der Waals surface area contributed by atoms with Gasteiger partial charge in [-0.1, -0.05) is 11.6 Å². The third kappa shape index (κ3) is 3.79. The number of halogens is 3. The maximum atomic E-state index is 14.6. The summed E-state index contributed by atoms with van der Waals surface area (Å²) in [5.41, 5.74) is 3.46. The van der Waals surface area contributed by atoms with Gasteiger partial charge in [0, 0.05) is 37.0 Å². The highest BCUT2D eigenvalue weighted by atomic mass is 35.5. The number of nitrogens with zero attached hydrogens (tertiary/aromatic N) is 5. The first-order valence-corrected chi connectivity index (χ1v) is 11.4. The fourth-order valence-electron chi connectivity index (χ4n) is 4.67. The molecule has 5 rings (SSSR count). The van der Waals surface area contributed by atoms with Crippen molar-refractivity contribution < 1.29 is 8.78 Å². The molecule has 0 bridgehead atoms. The van der Waals surface area contributed by atoms with Crippen molar-refractivity contribution in [3.05, 3.63) is 64.4 Å². The minimum atomic E-state index is -0.621. The summed E-state index contributed by atoms with van der Waals surface area (Å²) in [4.78, 5) is 8.93. The van der Waals surface area contributed by atoms with E-state index in [9.17, 15) is 8.78 Å². The third-order valence-corrected chi connectivity index (χ3v) is 6.79. The normalized spacial score (nSPS) is 16.9. The zero-order chi connectivity index (χ0) is 22.2. The molecule has 1 fully saturated rings. The summed E-state index contributed by atoms with van der Waals surface area (Å²) in [5, 5.41) is 8.70. The molecule has 1 saturated heterocycles. The second-order valence-corrected chi connectivity index (χ2v) is 8.77. The summed E-state index contributed by atoms with van der Waals surface area (Å²) in [6.45, 7) is 4.61. The SMILES string of the molecule is C[C@H](c1c(F)ccc(F)c1Cl)N1CCCc2nnc(-c3ccc(N4CCCC4)nc3)cc21. The van der Waals surface area contributed by atoms with Gasteiger partial charge >= 0.3 is 0 Å². The van der Waals surface area contributed by atoms with Crippen molar-refractivity contribution >= 4 is 23.1 Å². The quantitative estimate of drug-likeness (QED) is 0.480. The number of fused-ring (bicyclic) bond motifs is 1. The van der Waals surface area contributed by atoms with Gasteiger partial charge in [-0.25, -0.2) is 13.8 Å². The molecule has 3 aromatic rings. The van der Waals surface area contributed by atoms with Crippen molar-refractivity contribution in [1.29, 1.82) is 0 Å². The molecule has 2 aliphatic heterocycles. The lowest BCUT2D eigenvalue weighted by Crippen LogP contribution is -2.33. The summed E-state index contributed by atoms with van der Waals surface area (Å²) < 4.78 is 28.7. The van der Waals surface area contributed by atoms with Crippen molar-refractivity contribution in [3.63, 3.8) is 0 Å². The van der Waals surface area contributed by atoms with E-state index < -0.39 is 17.7 Å². The second kappa shape index (κ2) is 8.62. The Hall–Kier alpha value is -2.80. The second-order valence-electron chi connectivity index (χ2n) is 8.39. The number of hydrogen-bond acceptors (Lipinski definition) is 5. The topological polar surface area (TPSA) is 45.2 Å². The Balaban J connectivity index is 1.48. The molecule has 2 aliphatic rings. The van der Waals surface area contributed by atoms with Crippen LogP contribution in [-0.4, -0.2) is 34.8 Å². The number of aryl methyl sites for hydroxylation is 1. The lowest BCUT2D eigenvalue weighted by atomic mass is 10.00. The molecule has 166 valence electrons. The molecule has 32 heavy (non-hydrogen) atoms. The van der Waals surface area contributed by atoms with Crippen molar-refractivity contribution in [1.82, 2.24) is 15.2 Å². The fourth-order valence-corrected chi connectivity index (χ4v) is 4.98. The van der Waals surface area contributed by atoms with Crippen LogP contribution in [0.25, 0.3) is 11.3 Å². The average molecular weight is 456 g/mol. The highest BCUT2D eigenvalue weighted by Crippen LogP contribution is 2.38. The number of anilines is 2. The van der Waals surface area contributed by atoms with Crippen LogP contribution in [0.15, 0.2) is 36.5 Å². The van der Waals surface area contributed by atoms with Gasteiger partial charge in [-0.2, -0.15) is 10.2 Å². The van der Waals surface area contributed by atoms with E-state index in [4.69, 9.17) is 11.6 Å². The van der Waals surface area contributed by atoms with Crippen LogP contribution in [0.5, 0.6) is 0 Å². The van der Waals surface area contributed by atoms with Crippen molar-refractivity contribution in [2.75, 3.05) is 29.4 Å². The standard InChI is InChI=1S/C24H24ClF2N5/c1-15(23-17(26)7-8-18(27)24(23)25)32-12-4-5-19-21(32)13-20(30-29-19)16-6-9-22(28-14-16)31-10-2-3-11-31/h6-9,13-15H,2-5,10-12H2,1H3/t15-/m1/s1. The molecule has 0 aliphatic carbocycles. The molecule has 0 unspecified atom stereocenters. The monoisotopic (exact) mass is 455 g/mol. The lowest BCUT2D eigenvalue weighted by Gasteiger charge is -2.36. The summed E-state index contributed by atoms with van der Waals surface area (Å²) in [6.07, 6.45) is 5.86. The van der Waals surface area contributed by atoms with E-state index in [-0.39, 0.29) is 10.6 Å². The lowest BCUT2D eigenvalue weighted by molar-refractivity contribution is 0.543. The third-order valence-electron chi connectivity index (χ3n) is 6.41. The van der Waals surface area contributed by atoms with E-state index in [1.165, 1.54) is 12.8 Å². The van der Waals surface area contributed by atoms with Gasteiger partial charge in [-0.3, -0.25) is 0 Å². The summed E-state index contributed by atoms with van der Waals surface area (Å²) in [5.74, 6) is -0.159. The Morgan fingerprint density at radius 3 is 2.50 bits per heavy atom. The van der Waals surface area contributed by atoms with Crippen LogP contribution < -0.4 is 9.80 Å². The molecule has 2 aromatic heterocycles. The van der Waals surface area contributed by atoms with Crippen molar-refractivity contribution in [3.8, 4) is 11.3 Å². The highest BCUT2D eigenvalue weighted by molar-refractivity contribution is 6.31. The molecule has 0 saturated carbocycles. The number of benzene rings is 1. The fraction of sp³-hybridized carbons (Fsp3) is 0.375. The van der Waals surface area contributed by atoms with Crippen LogP contribution in [0.1, 0.15) is 43.5 Å². The highest BCUT2D eigenvalue weighted by Gasteiger charge is 2.28. The van der Waals surface area contributed by atoms with E-state index in [1.54, 1.807) is 0 Å². The van der Waals surface area contributed by atoms with Gasteiger partial charge in [0.2, 0.25) is 0 Å². The van der Waals surface area contributed by atoms with Gasteiger partial charge in [0.05, 0.1) is 28.1 Å². The Labute approximate surface area is 191 Å². The van der Waals surface area contributed by atoms with Gasteiger partial charge in [0.25, 0.3) is 0 Å². The summed E-state index contributed by atoms with van der Waals surface area (Å²) in [7, 11) is 0. The minimum Gasteiger partial charge on any atom is -0.363 e. The van der Waals surface area contributed by atoms with Gasteiger partial charge in [-0.15, -0.1) is 0 Å². The Morgan fingerprint density at radius 2 is 1.75 bits per heavy atom. The summed E-state index contributed by atoms with van der Waals surface area (Å²) >= 11 is 6.15. The van der Waals surface area contributed by atoms with Crippen LogP contribution >= 0.6 is 11.6 Å². The number of pyridine rings is 1. The molecular formula is C24H24ClF2N5. The van der Waals surface area contributed by atoms with Crippen LogP contribution in [-0.2, 0) is 6.42 Å². The van der Waals surface area contributed by atoms with Gasteiger partial charge in [0.15, 0.2) is 0 Å². The predicted octanol–water partition coefficient (Wildman–Crippen LogP) is 5.58. The van der Waals surface area contributed by atoms with Crippen molar-refractivity contribution in [2.45, 2.75) is 38.6 Å². The largest absolute Gasteiger partial charge is 0.363 e. The van der Waals surface area contributed by atoms with Gasteiger partial charge in [-0.05, 0) is 62.9 Å². The molecule has 0 radical (unpaired) electrons. The molecule has 0 amide bonds. The molecule has 1 aromatic carbocycles. The first kappa shape index (κ1) is 21.1. The van der Waals surface area contributed by atoms with E-state index in [1.807, 2.05) is 36.2 Å². The smallest absolute Gasteiger partial charge is 0.142 e. The van der Waals surface area contributed by atoms with Crippen LogP contribution in [0, 0.1) is 11.6 Å². The first-order chi connectivity index (χ1) is 15.5. The first-order valence-electron chi connectivity index (χ1n) is 11.0. The van der Waals surface area contributed by atoms with Crippen molar-refractivity contribution in [2.24, 2.45) is 0 Å². The number of rotatable bonds is 4. The molecule has 0 N–H and O–H groups in total. The Kier molecular flexibility index (Phi) is 5.67. The minimum absolute atomic E-state index is 0.162. The van der Waals surface area contributed by atoms with E-state index in [2.05, 4.69) is 20.1 Å². The van der Waals surface area contributed by atoms with E-state index in [0.717, 1.165) is 60.8 Å². The zero-order valence-corrected chi connectivity index (χ0v) is 18.6. The van der Waals surface area contributed by atoms with E-state index in [0.29, 0.717) is 12.2 Å². The Bertz CT molecular complexity index is 1130.